The SMILES string of the molecule is O=C1CN(S(=O)(=O)c2ccc(N3C(=O)CCC3=O)cc2)CCN1. The summed E-state index contributed by atoms with van der Waals surface area (Å²) in [5, 5.41) is 2.56. The molecule has 2 saturated heterocycles. The molecule has 8 nitrogen and oxygen atoms in total. The minimum absolute atomic E-state index is 0.0232. The molecule has 1 aromatic carbocycles. The van der Waals surface area contributed by atoms with E-state index in [1.165, 1.54) is 24.3 Å². The van der Waals surface area contributed by atoms with Crippen LogP contribution in [0.5, 0.6) is 0 Å². The Hall–Kier alpha value is -2.26. The molecule has 9 heteroatoms. The summed E-state index contributed by atoms with van der Waals surface area (Å²) < 4.78 is 26.1. The lowest BCUT2D eigenvalue weighted by Gasteiger charge is -2.26. The summed E-state index contributed by atoms with van der Waals surface area (Å²) in [4.78, 5) is 35.8. The first-order chi connectivity index (χ1) is 10.9. The molecule has 0 saturated carbocycles. The number of anilines is 1. The van der Waals surface area contributed by atoms with Crippen LogP contribution in [0, 0.1) is 0 Å². The van der Waals surface area contributed by atoms with E-state index in [0.29, 0.717) is 5.69 Å². The summed E-state index contributed by atoms with van der Waals surface area (Å²) in [5.74, 6) is -0.929. The van der Waals surface area contributed by atoms with Crippen molar-refractivity contribution in [2.45, 2.75) is 17.7 Å². The number of imide groups is 1. The number of hydrogen-bond donors (Lipinski definition) is 1. The van der Waals surface area contributed by atoms with Crippen LogP contribution in [0.1, 0.15) is 12.8 Å². The number of nitrogens with one attached hydrogen (secondary N) is 1. The van der Waals surface area contributed by atoms with Crippen LogP contribution in [0.25, 0.3) is 0 Å². The molecule has 0 bridgehead atoms. The summed E-state index contributed by atoms with van der Waals surface area (Å²) in [7, 11) is -3.78. The molecule has 0 spiro atoms. The standard InChI is InChI=1S/C14H15N3O5S/c18-12-9-16(8-7-15-12)23(21,22)11-3-1-10(2-4-11)17-13(19)5-6-14(17)20/h1-4H,5-9H2,(H,15,18). The summed E-state index contributed by atoms with van der Waals surface area (Å²) in [6.45, 7) is 0.263. The molecule has 0 unspecified atom stereocenters. The van der Waals surface area contributed by atoms with Crippen LogP contribution in [-0.2, 0) is 24.4 Å². The van der Waals surface area contributed by atoms with Gasteiger partial charge >= 0.3 is 0 Å². The predicted octanol–water partition coefficient (Wildman–Crippen LogP) is -0.540. The Morgan fingerprint density at radius 1 is 0.957 bits per heavy atom. The monoisotopic (exact) mass is 337 g/mol. The number of carbonyl (C=O) groups is 3. The van der Waals surface area contributed by atoms with Crippen LogP contribution in [0.15, 0.2) is 29.2 Å². The maximum atomic E-state index is 12.5. The van der Waals surface area contributed by atoms with Crippen LogP contribution >= 0.6 is 0 Å². The van der Waals surface area contributed by atoms with Gasteiger partial charge in [0.1, 0.15) is 0 Å². The van der Waals surface area contributed by atoms with Gasteiger partial charge in [0.15, 0.2) is 0 Å². The highest BCUT2D eigenvalue weighted by Crippen LogP contribution is 2.25. The second-order valence-electron chi connectivity index (χ2n) is 5.31. The van der Waals surface area contributed by atoms with Gasteiger partial charge < -0.3 is 5.32 Å². The third-order valence-electron chi connectivity index (χ3n) is 3.79. The minimum Gasteiger partial charge on any atom is -0.354 e. The molecule has 2 aliphatic heterocycles. The smallest absolute Gasteiger partial charge is 0.243 e. The van der Waals surface area contributed by atoms with Crippen molar-refractivity contribution in [3.05, 3.63) is 24.3 Å². The fourth-order valence-corrected chi connectivity index (χ4v) is 4.00. The van der Waals surface area contributed by atoms with Gasteiger partial charge in [0.2, 0.25) is 27.7 Å². The Morgan fingerprint density at radius 3 is 2.13 bits per heavy atom. The highest BCUT2D eigenvalue weighted by atomic mass is 32.2. The summed E-state index contributed by atoms with van der Waals surface area (Å²) in [6, 6.07) is 5.54. The lowest BCUT2D eigenvalue weighted by Crippen LogP contribution is -2.49. The van der Waals surface area contributed by atoms with Crippen molar-refractivity contribution < 1.29 is 22.8 Å². The molecular formula is C14H15N3O5S. The van der Waals surface area contributed by atoms with Crippen molar-refractivity contribution in [2.75, 3.05) is 24.5 Å². The van der Waals surface area contributed by atoms with E-state index >= 15 is 0 Å². The molecule has 2 heterocycles. The fraction of sp³-hybridized carbons (Fsp3) is 0.357. The van der Waals surface area contributed by atoms with Crippen LogP contribution in [0.2, 0.25) is 0 Å². The molecule has 122 valence electrons. The van der Waals surface area contributed by atoms with Crippen LogP contribution in [0.3, 0.4) is 0 Å². The van der Waals surface area contributed by atoms with Gasteiger partial charge in [-0.2, -0.15) is 4.31 Å². The van der Waals surface area contributed by atoms with E-state index < -0.39 is 10.0 Å². The Balaban J connectivity index is 1.85. The maximum absolute atomic E-state index is 12.5. The number of sulfonamides is 1. The third-order valence-corrected chi connectivity index (χ3v) is 5.65. The van der Waals surface area contributed by atoms with E-state index in [1.54, 1.807) is 0 Å². The Morgan fingerprint density at radius 2 is 1.57 bits per heavy atom. The topological polar surface area (TPSA) is 104 Å². The fourth-order valence-electron chi connectivity index (χ4n) is 2.60. The number of hydrogen-bond acceptors (Lipinski definition) is 5. The molecule has 3 rings (SSSR count). The first kappa shape index (κ1) is 15.6. The Labute approximate surface area is 133 Å². The Kier molecular flexibility index (Phi) is 3.90. The number of nitrogens with zero attached hydrogens (tertiary/aromatic N) is 2. The van der Waals surface area contributed by atoms with Gasteiger partial charge in [-0.1, -0.05) is 0 Å². The first-order valence-corrected chi connectivity index (χ1v) is 8.56. The van der Waals surface area contributed by atoms with Crippen LogP contribution in [-0.4, -0.2) is 50.1 Å². The maximum Gasteiger partial charge on any atom is 0.243 e. The number of piperazine rings is 1. The van der Waals surface area contributed by atoms with Crippen LogP contribution < -0.4 is 10.2 Å². The molecule has 2 aliphatic rings. The molecule has 0 atom stereocenters. The summed E-state index contributed by atoms with van der Waals surface area (Å²) >= 11 is 0. The van der Waals surface area contributed by atoms with Gasteiger partial charge in [0.05, 0.1) is 17.1 Å². The normalized spacial score (nSPS) is 20.0. The van der Waals surface area contributed by atoms with Gasteiger partial charge in [0, 0.05) is 25.9 Å². The van der Waals surface area contributed by atoms with E-state index in [1.807, 2.05) is 0 Å². The molecule has 1 aromatic rings. The van der Waals surface area contributed by atoms with Gasteiger partial charge in [0.25, 0.3) is 0 Å². The highest BCUT2D eigenvalue weighted by molar-refractivity contribution is 7.89. The zero-order valence-corrected chi connectivity index (χ0v) is 13.0. The Bertz CT molecular complexity index is 756. The molecular weight excluding hydrogens is 322 g/mol. The molecule has 0 aliphatic carbocycles. The van der Waals surface area contributed by atoms with Crippen molar-refractivity contribution in [3.8, 4) is 0 Å². The van der Waals surface area contributed by atoms with Crippen molar-refractivity contribution in [1.29, 1.82) is 0 Å². The van der Waals surface area contributed by atoms with Gasteiger partial charge in [-0.25, -0.2) is 8.42 Å². The van der Waals surface area contributed by atoms with E-state index in [9.17, 15) is 22.8 Å². The average Bonchev–Trinajstić information content (AvgIpc) is 2.86. The molecule has 1 N–H and O–H groups in total. The largest absolute Gasteiger partial charge is 0.354 e. The van der Waals surface area contributed by atoms with Gasteiger partial charge in [-0.3, -0.25) is 19.3 Å². The van der Waals surface area contributed by atoms with E-state index in [2.05, 4.69) is 5.32 Å². The van der Waals surface area contributed by atoms with Gasteiger partial charge in [-0.15, -0.1) is 0 Å². The zero-order chi connectivity index (χ0) is 16.6. The van der Waals surface area contributed by atoms with Crippen molar-refractivity contribution in [1.82, 2.24) is 9.62 Å². The van der Waals surface area contributed by atoms with Crippen molar-refractivity contribution in [2.24, 2.45) is 0 Å². The number of carbonyl (C=O) groups excluding carboxylic acids is 3. The average molecular weight is 337 g/mol. The summed E-state index contributed by atoms with van der Waals surface area (Å²) in [6.07, 6.45) is 0.337. The minimum atomic E-state index is -3.78. The lowest BCUT2D eigenvalue weighted by molar-refractivity contribution is -0.123. The zero-order valence-electron chi connectivity index (χ0n) is 12.2. The third kappa shape index (κ3) is 2.84. The molecule has 2 fully saturated rings. The molecule has 0 aromatic heterocycles. The summed E-state index contributed by atoms with van der Waals surface area (Å²) in [5.41, 5.74) is 0.354. The quantitative estimate of drug-likeness (QED) is 0.746. The second kappa shape index (κ2) is 5.74. The van der Waals surface area contributed by atoms with E-state index in [-0.39, 0.29) is 55.1 Å². The molecule has 3 amide bonds. The number of amides is 3. The van der Waals surface area contributed by atoms with Crippen molar-refractivity contribution in [3.63, 3.8) is 0 Å². The molecule has 23 heavy (non-hydrogen) atoms. The van der Waals surface area contributed by atoms with E-state index in [0.717, 1.165) is 9.21 Å². The van der Waals surface area contributed by atoms with Crippen molar-refractivity contribution >= 4 is 33.4 Å². The van der Waals surface area contributed by atoms with E-state index in [4.69, 9.17) is 0 Å². The van der Waals surface area contributed by atoms with Gasteiger partial charge in [-0.05, 0) is 24.3 Å². The number of rotatable bonds is 3. The van der Waals surface area contributed by atoms with Crippen LogP contribution in [0.4, 0.5) is 5.69 Å². The predicted molar refractivity (Wildman–Crippen MR) is 79.9 cm³/mol. The lowest BCUT2D eigenvalue weighted by atomic mass is 10.3. The first-order valence-electron chi connectivity index (χ1n) is 7.12. The molecule has 0 radical (unpaired) electrons. The number of benzene rings is 1. The second-order valence-corrected chi connectivity index (χ2v) is 7.24. The highest BCUT2D eigenvalue weighted by Gasteiger charge is 2.32.